The van der Waals surface area contributed by atoms with E-state index in [0.717, 1.165) is 0 Å². The van der Waals surface area contributed by atoms with E-state index in [2.05, 4.69) is 21.3 Å². The van der Waals surface area contributed by atoms with Crippen molar-refractivity contribution in [3.63, 3.8) is 0 Å². The molecule has 4 amide bonds. The molecule has 0 saturated carbocycles. The van der Waals surface area contributed by atoms with Gasteiger partial charge in [0.2, 0.25) is 23.6 Å². The highest BCUT2D eigenvalue weighted by molar-refractivity contribution is 5.89. The molecule has 2 aliphatic rings. The maximum absolute atomic E-state index is 13.2. The minimum Gasteiger partial charge on any atom is -0.371 e. The van der Waals surface area contributed by atoms with Gasteiger partial charge in [0.15, 0.2) is 0 Å². The van der Waals surface area contributed by atoms with Crippen molar-refractivity contribution in [2.75, 3.05) is 13.2 Å². The van der Waals surface area contributed by atoms with Gasteiger partial charge in [0.25, 0.3) is 0 Å². The fraction of sp³-hybridized carbons (Fsp3) is 0.417. The molecule has 2 fully saturated rings. The zero-order valence-corrected chi connectivity index (χ0v) is 37.8. The third-order valence-electron chi connectivity index (χ3n) is 11.8. The quantitative estimate of drug-likeness (QED) is 0.104. The standard InChI is InChI=1S/2C24H24F6N2O3/c2*1-14(16-10-18(23(25,26)27)12-19(11-16)24(28,29)30)35-13-22(17-6-4-3-5-7-17)9-8-20(21(34)32-22)31-15(2)33/h2*3-7,10-12,14,20H,8-9,13H2,1-2H3,(H,31,33)(H,32,34)/t14-,20+,22-;14-,20-,22-/m11/s1. The maximum Gasteiger partial charge on any atom is 0.416 e. The Bertz CT molecular complexity index is 2250. The molecule has 0 bridgehead atoms. The summed E-state index contributed by atoms with van der Waals surface area (Å²) in [7, 11) is 0. The molecule has 380 valence electrons. The number of halogens is 12. The average molecular weight is 1000 g/mol. The molecule has 70 heavy (non-hydrogen) atoms. The third kappa shape index (κ3) is 14.0. The van der Waals surface area contributed by atoms with Gasteiger partial charge in [-0.05, 0) is 98.2 Å². The second-order valence-corrected chi connectivity index (χ2v) is 17.0. The molecule has 4 aromatic rings. The molecule has 6 rings (SSSR count). The Balaban J connectivity index is 0.000000261. The molecule has 2 heterocycles. The smallest absolute Gasteiger partial charge is 0.371 e. The van der Waals surface area contributed by atoms with Gasteiger partial charge in [0.1, 0.15) is 12.1 Å². The van der Waals surface area contributed by atoms with Gasteiger partial charge >= 0.3 is 24.7 Å². The number of carbonyl (C=O) groups excluding carboxylic acids is 4. The Morgan fingerprint density at radius 2 is 0.829 bits per heavy atom. The van der Waals surface area contributed by atoms with E-state index in [4.69, 9.17) is 9.47 Å². The van der Waals surface area contributed by atoms with Crippen molar-refractivity contribution in [2.45, 2.75) is 113 Å². The number of amides is 4. The molecule has 2 aliphatic heterocycles. The molecule has 0 unspecified atom stereocenters. The fourth-order valence-corrected chi connectivity index (χ4v) is 8.07. The molecule has 0 radical (unpaired) electrons. The molecule has 10 nitrogen and oxygen atoms in total. The van der Waals surface area contributed by atoms with Crippen LogP contribution in [-0.4, -0.2) is 48.9 Å². The summed E-state index contributed by atoms with van der Waals surface area (Å²) in [4.78, 5) is 48.2. The number of alkyl halides is 12. The van der Waals surface area contributed by atoms with Crippen LogP contribution in [-0.2, 0) is 64.4 Å². The first-order chi connectivity index (χ1) is 32.4. The number of rotatable bonds is 12. The lowest BCUT2D eigenvalue weighted by Crippen LogP contribution is -2.60. The highest BCUT2D eigenvalue weighted by atomic mass is 19.4. The first-order valence-corrected chi connectivity index (χ1v) is 21.5. The second-order valence-electron chi connectivity index (χ2n) is 17.0. The van der Waals surface area contributed by atoms with Crippen LogP contribution < -0.4 is 21.3 Å². The van der Waals surface area contributed by atoms with E-state index in [0.29, 0.717) is 48.2 Å². The first-order valence-electron chi connectivity index (χ1n) is 21.5. The number of hydrogen-bond acceptors (Lipinski definition) is 6. The molecule has 0 spiro atoms. The molecule has 6 atom stereocenters. The number of ether oxygens (including phenoxy) is 2. The molecule has 0 aliphatic carbocycles. The molecular formula is C48H48F12N4O6. The van der Waals surface area contributed by atoms with Gasteiger partial charge < -0.3 is 30.7 Å². The van der Waals surface area contributed by atoms with Crippen LogP contribution in [0.1, 0.15) is 110 Å². The van der Waals surface area contributed by atoms with Crippen LogP contribution in [0.4, 0.5) is 52.7 Å². The Morgan fingerprint density at radius 1 is 0.543 bits per heavy atom. The largest absolute Gasteiger partial charge is 0.416 e. The van der Waals surface area contributed by atoms with Crippen LogP contribution in [0.3, 0.4) is 0 Å². The van der Waals surface area contributed by atoms with Gasteiger partial charge in [-0.3, -0.25) is 19.2 Å². The van der Waals surface area contributed by atoms with Crippen LogP contribution >= 0.6 is 0 Å². The van der Waals surface area contributed by atoms with Crippen LogP contribution in [0.25, 0.3) is 0 Å². The Morgan fingerprint density at radius 3 is 1.07 bits per heavy atom. The van der Waals surface area contributed by atoms with Gasteiger partial charge in [0, 0.05) is 13.8 Å². The summed E-state index contributed by atoms with van der Waals surface area (Å²) < 4.78 is 170. The zero-order chi connectivity index (χ0) is 52.0. The first kappa shape index (κ1) is 54.8. The average Bonchev–Trinajstić information content (AvgIpc) is 3.28. The van der Waals surface area contributed by atoms with Crippen molar-refractivity contribution in [3.05, 3.63) is 142 Å². The van der Waals surface area contributed by atoms with Crippen LogP contribution in [0.5, 0.6) is 0 Å². The van der Waals surface area contributed by atoms with E-state index >= 15 is 0 Å². The number of benzene rings is 4. The van der Waals surface area contributed by atoms with E-state index in [9.17, 15) is 71.9 Å². The number of piperidine rings is 2. The topological polar surface area (TPSA) is 135 Å². The maximum atomic E-state index is 13.2. The minimum absolute atomic E-state index is 0.0607. The summed E-state index contributed by atoms with van der Waals surface area (Å²) in [5.41, 5.74) is -7.18. The SMILES string of the molecule is CC(=O)N[C@@H]1CC[C@@](CO[C@H](C)c2cc(C(F)(F)F)cc(C(F)(F)F)c2)(c2ccccc2)NC1=O.CC(=O)N[C@H]1CC[C@@](CO[C@H](C)c2cc(C(F)(F)F)cc(C(F)(F)F)c2)(c2ccccc2)NC1=O. The monoisotopic (exact) mass is 1000 g/mol. The van der Waals surface area contributed by atoms with E-state index in [1.807, 2.05) is 0 Å². The third-order valence-corrected chi connectivity index (χ3v) is 11.8. The van der Waals surface area contributed by atoms with Crippen molar-refractivity contribution >= 4 is 23.6 Å². The number of hydrogen-bond donors (Lipinski definition) is 4. The lowest BCUT2D eigenvalue weighted by Gasteiger charge is -2.41. The van der Waals surface area contributed by atoms with Crippen molar-refractivity contribution in [1.29, 1.82) is 0 Å². The second kappa shape index (κ2) is 21.5. The lowest BCUT2D eigenvalue weighted by atomic mass is 9.81. The van der Waals surface area contributed by atoms with Crippen molar-refractivity contribution in [1.82, 2.24) is 21.3 Å². The summed E-state index contributed by atoms with van der Waals surface area (Å²) in [6.07, 6.45) is -21.0. The van der Waals surface area contributed by atoms with Crippen LogP contribution in [0.15, 0.2) is 97.1 Å². The summed E-state index contributed by atoms with van der Waals surface area (Å²) >= 11 is 0. The van der Waals surface area contributed by atoms with E-state index < -0.39 is 94.1 Å². The fourth-order valence-electron chi connectivity index (χ4n) is 8.07. The van der Waals surface area contributed by atoms with Gasteiger partial charge in [-0.15, -0.1) is 0 Å². The molecule has 2 saturated heterocycles. The number of carbonyl (C=O) groups is 4. The predicted molar refractivity (Wildman–Crippen MR) is 228 cm³/mol. The highest BCUT2D eigenvalue weighted by Crippen LogP contribution is 2.41. The summed E-state index contributed by atoms with van der Waals surface area (Å²) in [6.45, 7) is 4.82. The summed E-state index contributed by atoms with van der Waals surface area (Å²) in [5, 5.41) is 10.8. The molecule has 4 aromatic carbocycles. The van der Waals surface area contributed by atoms with Crippen LogP contribution in [0, 0.1) is 0 Å². The minimum atomic E-state index is -4.98. The number of nitrogens with one attached hydrogen (secondary N) is 4. The van der Waals surface area contributed by atoms with Gasteiger partial charge in [-0.25, -0.2) is 0 Å². The van der Waals surface area contributed by atoms with E-state index in [1.165, 1.54) is 27.7 Å². The Hall–Kier alpha value is -6.16. The van der Waals surface area contributed by atoms with Gasteiger partial charge in [-0.2, -0.15) is 52.7 Å². The van der Waals surface area contributed by atoms with Crippen LogP contribution in [0.2, 0.25) is 0 Å². The van der Waals surface area contributed by atoms with Crippen molar-refractivity contribution in [3.8, 4) is 0 Å². The van der Waals surface area contributed by atoms with Crippen molar-refractivity contribution in [2.24, 2.45) is 0 Å². The van der Waals surface area contributed by atoms with Gasteiger partial charge in [-0.1, -0.05) is 60.7 Å². The highest BCUT2D eigenvalue weighted by Gasteiger charge is 2.45. The molecule has 22 heteroatoms. The van der Waals surface area contributed by atoms with E-state index in [-0.39, 0.29) is 61.1 Å². The Kier molecular flexibility index (Phi) is 16.8. The van der Waals surface area contributed by atoms with Crippen molar-refractivity contribution < 1.29 is 81.3 Å². The van der Waals surface area contributed by atoms with E-state index in [1.54, 1.807) is 60.7 Å². The molecule has 0 aromatic heterocycles. The van der Waals surface area contributed by atoms with Gasteiger partial charge in [0.05, 0.1) is 58.8 Å². The zero-order valence-electron chi connectivity index (χ0n) is 37.8. The normalized spacial score (nSPS) is 21.8. The summed E-state index contributed by atoms with van der Waals surface area (Å²) in [6, 6.07) is 18.5. The molecular weight excluding hydrogens is 957 g/mol. The summed E-state index contributed by atoms with van der Waals surface area (Å²) in [5.74, 6) is -1.70. The Labute approximate surface area is 393 Å². The predicted octanol–water partition coefficient (Wildman–Crippen LogP) is 10.2. The lowest BCUT2D eigenvalue weighted by molar-refractivity contribution is -0.145. The molecule has 4 N–H and O–H groups in total.